The molecular formula is C14H15F3N4O2. The third-order valence-electron chi connectivity index (χ3n) is 2.85. The van der Waals surface area contributed by atoms with Crippen molar-refractivity contribution in [1.29, 1.82) is 0 Å². The Bertz CT molecular complexity index is 629. The van der Waals surface area contributed by atoms with Crippen molar-refractivity contribution in [1.82, 2.24) is 15.3 Å². The largest absolute Gasteiger partial charge is 0.469 e. The van der Waals surface area contributed by atoms with Crippen LogP contribution >= 0.6 is 0 Å². The molecule has 0 saturated carbocycles. The van der Waals surface area contributed by atoms with Crippen LogP contribution in [0.15, 0.2) is 35.1 Å². The molecule has 124 valence electrons. The van der Waals surface area contributed by atoms with Crippen molar-refractivity contribution in [2.45, 2.75) is 19.0 Å². The van der Waals surface area contributed by atoms with Gasteiger partial charge in [0.1, 0.15) is 11.5 Å². The van der Waals surface area contributed by atoms with Gasteiger partial charge >= 0.3 is 6.18 Å². The minimum atomic E-state index is -4.51. The molecule has 2 aromatic heterocycles. The molecule has 0 saturated heterocycles. The van der Waals surface area contributed by atoms with Crippen LogP contribution < -0.4 is 10.6 Å². The SMILES string of the molecule is O=C(CCc1ccco1)NCCNc1nccc(C(F)(F)F)n1. The second-order valence-corrected chi connectivity index (χ2v) is 4.62. The fourth-order valence-corrected chi connectivity index (χ4v) is 1.76. The molecule has 0 spiro atoms. The van der Waals surface area contributed by atoms with Crippen molar-refractivity contribution in [3.05, 3.63) is 42.1 Å². The van der Waals surface area contributed by atoms with E-state index < -0.39 is 11.9 Å². The number of hydrogen-bond acceptors (Lipinski definition) is 5. The minimum Gasteiger partial charge on any atom is -0.469 e. The standard InChI is InChI=1S/C14H15F3N4O2/c15-14(16,17)11-5-6-19-13(21-11)20-8-7-18-12(22)4-3-10-2-1-9-23-10/h1-2,5-6,9H,3-4,7-8H2,(H,18,22)(H,19,20,21). The molecule has 2 aromatic rings. The molecule has 0 radical (unpaired) electrons. The van der Waals surface area contributed by atoms with Gasteiger partial charge < -0.3 is 15.1 Å². The van der Waals surface area contributed by atoms with E-state index >= 15 is 0 Å². The van der Waals surface area contributed by atoms with Crippen LogP contribution in [-0.2, 0) is 17.4 Å². The summed E-state index contributed by atoms with van der Waals surface area (Å²) >= 11 is 0. The number of aryl methyl sites for hydroxylation is 1. The zero-order valence-corrected chi connectivity index (χ0v) is 12.1. The number of furan rings is 1. The van der Waals surface area contributed by atoms with E-state index in [-0.39, 0.29) is 31.4 Å². The highest BCUT2D eigenvalue weighted by atomic mass is 19.4. The fraction of sp³-hybridized carbons (Fsp3) is 0.357. The molecule has 0 unspecified atom stereocenters. The van der Waals surface area contributed by atoms with Crippen LogP contribution in [0.1, 0.15) is 17.9 Å². The number of halogens is 3. The van der Waals surface area contributed by atoms with Crippen LogP contribution in [0.2, 0.25) is 0 Å². The molecule has 23 heavy (non-hydrogen) atoms. The Morgan fingerprint density at radius 2 is 2.09 bits per heavy atom. The number of carbonyl (C=O) groups excluding carboxylic acids is 1. The highest BCUT2D eigenvalue weighted by Gasteiger charge is 2.32. The topological polar surface area (TPSA) is 80.0 Å². The van der Waals surface area contributed by atoms with Gasteiger partial charge in [0.05, 0.1) is 6.26 Å². The number of hydrogen-bond donors (Lipinski definition) is 2. The Balaban J connectivity index is 1.68. The summed E-state index contributed by atoms with van der Waals surface area (Å²) in [5.41, 5.74) is -1.02. The monoisotopic (exact) mass is 328 g/mol. The summed E-state index contributed by atoms with van der Waals surface area (Å²) in [5.74, 6) is 0.411. The first-order chi connectivity index (χ1) is 10.9. The van der Waals surface area contributed by atoms with Crippen molar-refractivity contribution in [3.63, 3.8) is 0 Å². The second-order valence-electron chi connectivity index (χ2n) is 4.62. The summed E-state index contributed by atoms with van der Waals surface area (Å²) < 4.78 is 42.5. The van der Waals surface area contributed by atoms with E-state index in [0.717, 1.165) is 18.0 Å². The third-order valence-corrected chi connectivity index (χ3v) is 2.85. The molecule has 0 aliphatic heterocycles. The molecule has 2 heterocycles. The van der Waals surface area contributed by atoms with E-state index in [1.807, 2.05) is 0 Å². The molecule has 2 rings (SSSR count). The molecule has 0 fully saturated rings. The van der Waals surface area contributed by atoms with Crippen LogP contribution in [0.3, 0.4) is 0 Å². The second kappa shape index (κ2) is 7.61. The maximum Gasteiger partial charge on any atom is 0.433 e. The average molecular weight is 328 g/mol. The van der Waals surface area contributed by atoms with Gasteiger partial charge in [-0.25, -0.2) is 9.97 Å². The molecule has 2 N–H and O–H groups in total. The lowest BCUT2D eigenvalue weighted by Crippen LogP contribution is -2.29. The van der Waals surface area contributed by atoms with Crippen LogP contribution in [0.25, 0.3) is 0 Å². The van der Waals surface area contributed by atoms with Gasteiger partial charge in [-0.2, -0.15) is 13.2 Å². The first-order valence-electron chi connectivity index (χ1n) is 6.88. The van der Waals surface area contributed by atoms with E-state index in [4.69, 9.17) is 4.42 Å². The Hall–Kier alpha value is -2.58. The summed E-state index contributed by atoms with van der Waals surface area (Å²) in [5, 5.41) is 5.27. The average Bonchev–Trinajstić information content (AvgIpc) is 3.02. The number of carbonyl (C=O) groups is 1. The minimum absolute atomic E-state index is 0.135. The highest BCUT2D eigenvalue weighted by molar-refractivity contribution is 5.76. The van der Waals surface area contributed by atoms with Gasteiger partial charge in [-0.3, -0.25) is 4.79 Å². The number of nitrogens with zero attached hydrogens (tertiary/aromatic N) is 2. The Morgan fingerprint density at radius 1 is 1.26 bits per heavy atom. The summed E-state index contributed by atoms with van der Waals surface area (Å²) in [7, 11) is 0. The van der Waals surface area contributed by atoms with E-state index in [1.165, 1.54) is 6.26 Å². The van der Waals surface area contributed by atoms with Crippen LogP contribution in [0.4, 0.5) is 19.1 Å². The van der Waals surface area contributed by atoms with Gasteiger partial charge in [0.25, 0.3) is 0 Å². The summed E-state index contributed by atoms with van der Waals surface area (Å²) in [4.78, 5) is 18.6. The number of aromatic nitrogens is 2. The van der Waals surface area contributed by atoms with Gasteiger partial charge in [-0.1, -0.05) is 0 Å². The maximum absolute atomic E-state index is 12.5. The molecule has 0 aliphatic rings. The van der Waals surface area contributed by atoms with Crippen LogP contribution in [0.5, 0.6) is 0 Å². The zero-order valence-electron chi connectivity index (χ0n) is 12.1. The lowest BCUT2D eigenvalue weighted by molar-refractivity contribution is -0.141. The van der Waals surface area contributed by atoms with Gasteiger partial charge in [0, 0.05) is 32.1 Å². The number of rotatable bonds is 7. The molecule has 0 aromatic carbocycles. The number of nitrogens with one attached hydrogen (secondary N) is 2. The van der Waals surface area contributed by atoms with E-state index in [1.54, 1.807) is 12.1 Å². The van der Waals surface area contributed by atoms with Crippen molar-refractivity contribution in [2.24, 2.45) is 0 Å². The molecule has 0 aliphatic carbocycles. The number of anilines is 1. The Kier molecular flexibility index (Phi) is 5.56. The number of amides is 1. The van der Waals surface area contributed by atoms with E-state index in [9.17, 15) is 18.0 Å². The van der Waals surface area contributed by atoms with Gasteiger partial charge in [0.15, 0.2) is 0 Å². The zero-order chi connectivity index (χ0) is 16.7. The van der Waals surface area contributed by atoms with Crippen molar-refractivity contribution >= 4 is 11.9 Å². The quantitative estimate of drug-likeness (QED) is 0.762. The first kappa shape index (κ1) is 16.8. The lowest BCUT2D eigenvalue weighted by Gasteiger charge is -2.09. The van der Waals surface area contributed by atoms with Gasteiger partial charge in [-0.05, 0) is 18.2 Å². The Morgan fingerprint density at radius 3 is 2.78 bits per heavy atom. The Labute approximate surface area is 130 Å². The molecule has 9 heteroatoms. The molecular weight excluding hydrogens is 313 g/mol. The van der Waals surface area contributed by atoms with Crippen LogP contribution in [-0.4, -0.2) is 29.0 Å². The van der Waals surface area contributed by atoms with Gasteiger partial charge in [0.2, 0.25) is 11.9 Å². The summed E-state index contributed by atoms with van der Waals surface area (Å²) in [6.45, 7) is 0.463. The molecule has 0 atom stereocenters. The predicted octanol–water partition coefficient (Wildman–Crippen LogP) is 2.25. The number of alkyl halides is 3. The molecule has 6 nitrogen and oxygen atoms in total. The fourth-order valence-electron chi connectivity index (χ4n) is 1.76. The lowest BCUT2D eigenvalue weighted by atomic mass is 10.2. The third kappa shape index (κ3) is 5.61. The van der Waals surface area contributed by atoms with Gasteiger partial charge in [-0.15, -0.1) is 0 Å². The summed E-state index contributed by atoms with van der Waals surface area (Å²) in [6, 6.07) is 4.31. The van der Waals surface area contributed by atoms with Crippen LogP contribution in [0, 0.1) is 0 Å². The van der Waals surface area contributed by atoms with Crippen molar-refractivity contribution in [3.8, 4) is 0 Å². The highest BCUT2D eigenvalue weighted by Crippen LogP contribution is 2.27. The normalized spacial score (nSPS) is 11.3. The van der Waals surface area contributed by atoms with E-state index in [0.29, 0.717) is 6.42 Å². The smallest absolute Gasteiger partial charge is 0.433 e. The summed E-state index contributed by atoms with van der Waals surface area (Å²) in [6.07, 6.45) is -1.19. The van der Waals surface area contributed by atoms with Crippen molar-refractivity contribution in [2.75, 3.05) is 18.4 Å². The predicted molar refractivity (Wildman–Crippen MR) is 75.6 cm³/mol. The molecule has 0 bridgehead atoms. The van der Waals surface area contributed by atoms with Crippen molar-refractivity contribution < 1.29 is 22.4 Å². The first-order valence-corrected chi connectivity index (χ1v) is 6.88. The molecule has 1 amide bonds. The maximum atomic E-state index is 12.5. The van der Waals surface area contributed by atoms with E-state index in [2.05, 4.69) is 20.6 Å².